The molecule has 0 saturated carbocycles. The lowest BCUT2D eigenvalue weighted by Crippen LogP contribution is -2.44. The van der Waals surface area contributed by atoms with Crippen molar-refractivity contribution in [3.05, 3.63) is 62.3 Å². The first-order chi connectivity index (χ1) is 18.1. The van der Waals surface area contributed by atoms with Gasteiger partial charge in [-0.15, -0.1) is 0 Å². The van der Waals surface area contributed by atoms with Crippen molar-refractivity contribution in [1.29, 1.82) is 0 Å². The van der Waals surface area contributed by atoms with Gasteiger partial charge in [0.25, 0.3) is 5.56 Å². The van der Waals surface area contributed by atoms with E-state index < -0.39 is 36.2 Å². The summed E-state index contributed by atoms with van der Waals surface area (Å²) in [5.74, 6) is -1.15. The molecule has 3 aromatic rings. The van der Waals surface area contributed by atoms with Crippen LogP contribution in [-0.2, 0) is 24.9 Å². The van der Waals surface area contributed by atoms with Crippen LogP contribution >= 0.6 is 0 Å². The summed E-state index contributed by atoms with van der Waals surface area (Å²) in [5, 5.41) is 8.94. The number of carboxylic acid groups (broad SMARTS) is 1. The third-order valence-electron chi connectivity index (χ3n) is 6.48. The lowest BCUT2D eigenvalue weighted by atomic mass is 10.1. The number of piperidine rings is 1. The molecule has 1 saturated heterocycles. The zero-order valence-corrected chi connectivity index (χ0v) is 21.7. The summed E-state index contributed by atoms with van der Waals surface area (Å²) >= 11 is 0. The summed E-state index contributed by atoms with van der Waals surface area (Å²) in [4.78, 5) is 57.9. The predicted octanol–water partition coefficient (Wildman–Crippen LogP) is 1.14. The van der Waals surface area contributed by atoms with Gasteiger partial charge in [-0.25, -0.2) is 9.59 Å². The normalized spacial score (nSPS) is 15.5. The Kier molecular flexibility index (Phi) is 7.81. The number of rotatable bonds is 9. The zero-order valence-electron chi connectivity index (χ0n) is 21.7. The highest BCUT2D eigenvalue weighted by Crippen LogP contribution is 2.24. The molecule has 0 radical (unpaired) electrons. The van der Waals surface area contributed by atoms with Crippen LogP contribution in [0.1, 0.15) is 37.0 Å². The molecule has 0 aliphatic carbocycles. The maximum Gasteiger partial charge on any atom is 0.341 e. The van der Waals surface area contributed by atoms with Crippen molar-refractivity contribution in [2.45, 2.75) is 45.8 Å². The van der Waals surface area contributed by atoms with Crippen molar-refractivity contribution in [3.63, 3.8) is 0 Å². The number of nitrogens with two attached hydrogens (primary N) is 1. The number of ether oxygens (including phenoxy) is 1. The zero-order chi connectivity index (χ0) is 27.6. The van der Waals surface area contributed by atoms with Gasteiger partial charge in [0, 0.05) is 32.7 Å². The molecule has 3 heterocycles. The first-order valence-electron chi connectivity index (χ1n) is 12.4. The Bertz CT molecular complexity index is 1530. The topological polar surface area (TPSA) is 155 Å². The third kappa shape index (κ3) is 5.40. The Balaban J connectivity index is 1.82. The van der Waals surface area contributed by atoms with Crippen LogP contribution in [0.15, 0.2) is 45.5 Å². The first kappa shape index (κ1) is 26.9. The molecule has 202 valence electrons. The molecule has 1 aliphatic heterocycles. The van der Waals surface area contributed by atoms with E-state index in [2.05, 4.69) is 0 Å². The van der Waals surface area contributed by atoms with Crippen LogP contribution in [0.5, 0.6) is 5.75 Å². The van der Waals surface area contributed by atoms with E-state index in [0.717, 1.165) is 29.5 Å². The van der Waals surface area contributed by atoms with Crippen LogP contribution in [0.2, 0.25) is 0 Å². The lowest BCUT2D eigenvalue weighted by molar-refractivity contribution is -0.139. The number of fused-ring (bicyclic) bond motifs is 1. The van der Waals surface area contributed by atoms with Gasteiger partial charge in [-0.2, -0.15) is 4.98 Å². The number of imidazole rings is 1. The van der Waals surface area contributed by atoms with E-state index in [1.165, 1.54) is 23.7 Å². The van der Waals surface area contributed by atoms with Crippen molar-refractivity contribution >= 4 is 28.9 Å². The second-order valence-corrected chi connectivity index (χ2v) is 9.66. The fraction of sp³-hybridized carbons (Fsp3) is 0.423. The average Bonchev–Trinajstić information content (AvgIpc) is 3.27. The summed E-state index contributed by atoms with van der Waals surface area (Å²) in [5.41, 5.74) is 6.44. The molecule has 1 aliphatic rings. The number of hydrogen-bond acceptors (Lipinski definition) is 8. The Morgan fingerprint density at radius 1 is 1.21 bits per heavy atom. The molecule has 4 rings (SSSR count). The molecule has 0 bridgehead atoms. The van der Waals surface area contributed by atoms with Crippen LogP contribution < -0.4 is 26.6 Å². The number of aromatic nitrogens is 4. The molecular formula is C26H32N6O6. The van der Waals surface area contributed by atoms with Gasteiger partial charge in [0.1, 0.15) is 5.75 Å². The minimum Gasteiger partial charge on any atom is -0.481 e. The van der Waals surface area contributed by atoms with E-state index in [0.29, 0.717) is 19.0 Å². The number of para-hydroxylation sites is 1. The Morgan fingerprint density at radius 3 is 2.63 bits per heavy atom. The minimum atomic E-state index is -1.20. The number of carboxylic acids is 1. The Hall–Kier alpha value is -4.19. The number of nitrogens with zero attached hydrogens (tertiary/aromatic N) is 5. The van der Waals surface area contributed by atoms with E-state index in [4.69, 9.17) is 20.6 Å². The molecule has 0 amide bonds. The van der Waals surface area contributed by atoms with Gasteiger partial charge in [0.05, 0.1) is 12.1 Å². The van der Waals surface area contributed by atoms with Crippen molar-refractivity contribution in [2.75, 3.05) is 24.6 Å². The highest BCUT2D eigenvalue weighted by Gasteiger charge is 2.27. The molecule has 3 N–H and O–H groups in total. The van der Waals surface area contributed by atoms with E-state index in [9.17, 15) is 19.2 Å². The highest BCUT2D eigenvalue weighted by molar-refractivity contribution is 5.98. The van der Waals surface area contributed by atoms with Crippen LogP contribution in [0.3, 0.4) is 0 Å². The van der Waals surface area contributed by atoms with Gasteiger partial charge in [-0.05, 0) is 38.8 Å². The highest BCUT2D eigenvalue weighted by atomic mass is 16.5. The number of Topliss-reactive ketones (excluding diaryl/α,β-unsaturated/α-hetero) is 1. The van der Waals surface area contributed by atoms with Gasteiger partial charge < -0.3 is 25.0 Å². The second-order valence-electron chi connectivity index (χ2n) is 9.66. The standard InChI is InChI=1S/C26H32N6O6/c1-16(2)10-12-31-22-23(28-25(31)30-11-6-7-17(27)13-30)29(3)26(37)32(24(22)36)14-19(33)18-8-4-5-9-20(18)38-15-21(34)35/h4-5,8-10,17H,6-7,11-15,27H2,1-3H3,(H,34,35). The molecule has 12 heteroatoms. The van der Waals surface area contributed by atoms with E-state index in [-0.39, 0.29) is 28.5 Å². The van der Waals surface area contributed by atoms with Crippen LogP contribution in [0.25, 0.3) is 11.2 Å². The van der Waals surface area contributed by atoms with Gasteiger partial charge in [-0.3, -0.25) is 18.7 Å². The SMILES string of the molecule is CC(C)=CCn1c(N2CCCC(N)C2)nc2c1c(=O)n(CC(=O)c1ccccc1OCC(=O)O)c(=O)n2C. The molecule has 12 nitrogen and oxygen atoms in total. The first-order valence-corrected chi connectivity index (χ1v) is 12.4. The van der Waals surface area contributed by atoms with Crippen LogP contribution in [-0.4, -0.2) is 61.3 Å². The second kappa shape index (κ2) is 11.1. The average molecular weight is 525 g/mol. The van der Waals surface area contributed by atoms with E-state index >= 15 is 0 Å². The number of aliphatic carboxylic acids is 1. The molecular weight excluding hydrogens is 492 g/mol. The van der Waals surface area contributed by atoms with Gasteiger partial charge in [0.2, 0.25) is 5.95 Å². The summed E-state index contributed by atoms with van der Waals surface area (Å²) in [6.45, 7) is 4.37. The van der Waals surface area contributed by atoms with Crippen LogP contribution in [0, 0.1) is 0 Å². The quantitative estimate of drug-likeness (QED) is 0.310. The summed E-state index contributed by atoms with van der Waals surface area (Å²) in [7, 11) is 1.51. The maximum atomic E-state index is 13.8. The van der Waals surface area contributed by atoms with Gasteiger partial charge in [-0.1, -0.05) is 23.8 Å². The number of hydrogen-bond donors (Lipinski definition) is 2. The number of ketones is 1. The summed E-state index contributed by atoms with van der Waals surface area (Å²) in [6, 6.07) is 6.09. The van der Waals surface area contributed by atoms with Crippen molar-refractivity contribution < 1.29 is 19.4 Å². The molecule has 1 aromatic carbocycles. The van der Waals surface area contributed by atoms with E-state index in [1.807, 2.05) is 24.8 Å². The Morgan fingerprint density at radius 2 is 1.95 bits per heavy atom. The van der Waals surface area contributed by atoms with Gasteiger partial charge in [0.15, 0.2) is 23.6 Å². The number of carbonyl (C=O) groups is 2. The molecule has 1 unspecified atom stereocenters. The predicted molar refractivity (Wildman–Crippen MR) is 142 cm³/mol. The fourth-order valence-corrected chi connectivity index (χ4v) is 4.57. The number of anilines is 1. The number of carbonyl (C=O) groups excluding carboxylic acids is 1. The van der Waals surface area contributed by atoms with Gasteiger partial charge >= 0.3 is 11.7 Å². The smallest absolute Gasteiger partial charge is 0.341 e. The third-order valence-corrected chi connectivity index (χ3v) is 6.48. The van der Waals surface area contributed by atoms with Crippen molar-refractivity contribution in [3.8, 4) is 5.75 Å². The molecule has 1 fully saturated rings. The largest absolute Gasteiger partial charge is 0.481 e. The van der Waals surface area contributed by atoms with E-state index in [1.54, 1.807) is 16.7 Å². The summed E-state index contributed by atoms with van der Waals surface area (Å²) < 4.78 is 9.16. The molecule has 0 spiro atoms. The van der Waals surface area contributed by atoms with Crippen molar-refractivity contribution in [2.24, 2.45) is 12.8 Å². The number of allylic oxidation sites excluding steroid dienone is 2. The molecule has 38 heavy (non-hydrogen) atoms. The number of benzene rings is 1. The molecule has 1 atom stereocenters. The number of aryl methyl sites for hydroxylation is 1. The fourth-order valence-electron chi connectivity index (χ4n) is 4.57. The van der Waals surface area contributed by atoms with Crippen LogP contribution in [0.4, 0.5) is 5.95 Å². The van der Waals surface area contributed by atoms with Crippen molar-refractivity contribution in [1.82, 2.24) is 18.7 Å². The summed E-state index contributed by atoms with van der Waals surface area (Å²) in [6.07, 6.45) is 3.74. The Labute approximate surface area is 218 Å². The minimum absolute atomic E-state index is 0.0259. The molecule has 2 aromatic heterocycles. The lowest BCUT2D eigenvalue weighted by Gasteiger charge is -2.31. The monoisotopic (exact) mass is 524 g/mol. The maximum absolute atomic E-state index is 13.8.